The van der Waals surface area contributed by atoms with Gasteiger partial charge in [-0.15, -0.1) is 0 Å². The number of hydrogen-bond donors (Lipinski definition) is 0. The molecule has 0 aliphatic carbocycles. The van der Waals surface area contributed by atoms with E-state index in [1.807, 2.05) is 56.3 Å². The molecule has 0 amide bonds. The highest BCUT2D eigenvalue weighted by Gasteiger charge is 2.04. The van der Waals surface area contributed by atoms with E-state index in [-0.39, 0.29) is 4.49 Å². The fourth-order valence-electron chi connectivity index (χ4n) is 1.92. The zero-order valence-electron chi connectivity index (χ0n) is 13.0. The van der Waals surface area contributed by atoms with Crippen LogP contribution in [0.3, 0.4) is 0 Å². The number of rotatable bonds is 7. The Morgan fingerprint density at radius 1 is 0.957 bits per heavy atom. The highest BCUT2D eigenvalue weighted by molar-refractivity contribution is 6.55. The van der Waals surface area contributed by atoms with Crippen LogP contribution in [0.2, 0.25) is 0 Å². The first kappa shape index (κ1) is 17.5. The molecule has 0 saturated carbocycles. The zero-order valence-corrected chi connectivity index (χ0v) is 14.5. The first-order chi connectivity index (χ1) is 11.1. The van der Waals surface area contributed by atoms with Gasteiger partial charge in [-0.05, 0) is 68.0 Å². The zero-order chi connectivity index (χ0) is 16.7. The number of hydrogen-bond acceptors (Lipinski definition) is 3. The van der Waals surface area contributed by atoms with Crippen molar-refractivity contribution < 1.29 is 14.2 Å². The fourth-order valence-corrected chi connectivity index (χ4v) is 2.05. The van der Waals surface area contributed by atoms with Crippen LogP contribution in [0, 0.1) is 6.92 Å². The Morgan fingerprint density at radius 3 is 2.22 bits per heavy atom. The summed E-state index contributed by atoms with van der Waals surface area (Å²) in [6, 6.07) is 13.1. The van der Waals surface area contributed by atoms with Crippen LogP contribution in [-0.4, -0.2) is 13.2 Å². The number of halogens is 2. The Labute approximate surface area is 146 Å². The number of benzene rings is 2. The molecule has 0 bridgehead atoms. The summed E-state index contributed by atoms with van der Waals surface area (Å²) in [5.41, 5.74) is 0.970. The highest BCUT2D eigenvalue weighted by atomic mass is 35.5. The molecular formula is C18H18Cl2O3. The van der Waals surface area contributed by atoms with E-state index < -0.39 is 0 Å². The van der Waals surface area contributed by atoms with E-state index in [0.29, 0.717) is 13.2 Å². The van der Waals surface area contributed by atoms with Crippen molar-refractivity contribution in [3.05, 3.63) is 58.6 Å². The van der Waals surface area contributed by atoms with Crippen molar-refractivity contribution >= 4 is 23.2 Å². The lowest BCUT2D eigenvalue weighted by Gasteiger charge is -2.11. The van der Waals surface area contributed by atoms with Gasteiger partial charge in [-0.25, -0.2) is 0 Å². The molecule has 0 saturated heterocycles. The molecule has 0 aromatic heterocycles. The standard InChI is InChI=1S/C18H18Cl2O3/c1-3-21-14-4-6-15(7-5-14)23-17-9-8-16(12-13(17)2)22-11-10-18(19)20/h4-10,12H,3,11H2,1-2H3. The molecule has 3 nitrogen and oxygen atoms in total. The van der Waals surface area contributed by atoms with Crippen molar-refractivity contribution in [1.82, 2.24) is 0 Å². The van der Waals surface area contributed by atoms with Crippen LogP contribution in [-0.2, 0) is 0 Å². The van der Waals surface area contributed by atoms with Gasteiger partial charge in [0.1, 0.15) is 34.1 Å². The predicted octanol–water partition coefficient (Wildman–Crippen LogP) is 5.88. The van der Waals surface area contributed by atoms with Gasteiger partial charge in [0.2, 0.25) is 0 Å². The van der Waals surface area contributed by atoms with Gasteiger partial charge in [0.25, 0.3) is 0 Å². The number of aryl methyl sites for hydroxylation is 1. The third-order valence-corrected chi connectivity index (χ3v) is 3.31. The minimum absolute atomic E-state index is 0.192. The molecule has 5 heteroatoms. The van der Waals surface area contributed by atoms with Crippen molar-refractivity contribution in [3.8, 4) is 23.0 Å². The Bertz CT molecular complexity index is 662. The van der Waals surface area contributed by atoms with Gasteiger partial charge in [-0.1, -0.05) is 23.2 Å². The van der Waals surface area contributed by atoms with Crippen LogP contribution in [0.1, 0.15) is 12.5 Å². The Kier molecular flexibility index (Phi) is 6.63. The summed E-state index contributed by atoms with van der Waals surface area (Å²) in [5.74, 6) is 3.08. The fraction of sp³-hybridized carbons (Fsp3) is 0.222. The van der Waals surface area contributed by atoms with E-state index in [9.17, 15) is 0 Å². The summed E-state index contributed by atoms with van der Waals surface area (Å²) in [4.78, 5) is 0. The SMILES string of the molecule is CCOc1ccc(Oc2ccc(OCC=C(Cl)Cl)cc2C)cc1. The Hall–Kier alpha value is -1.84. The Balaban J connectivity index is 2.01. The maximum Gasteiger partial charge on any atom is 0.130 e. The van der Waals surface area contributed by atoms with Crippen molar-refractivity contribution in [2.24, 2.45) is 0 Å². The molecule has 0 unspecified atom stereocenters. The molecule has 0 heterocycles. The summed E-state index contributed by atoms with van der Waals surface area (Å²) in [5, 5.41) is 0. The molecular weight excluding hydrogens is 335 g/mol. The van der Waals surface area contributed by atoms with Crippen LogP contribution in [0.15, 0.2) is 53.0 Å². The molecule has 2 aromatic rings. The molecule has 0 fully saturated rings. The maximum absolute atomic E-state index is 5.87. The molecule has 2 rings (SSSR count). The lowest BCUT2D eigenvalue weighted by Crippen LogP contribution is -1.95. The molecule has 0 spiro atoms. The van der Waals surface area contributed by atoms with E-state index in [2.05, 4.69) is 0 Å². The predicted molar refractivity (Wildman–Crippen MR) is 94.1 cm³/mol. The van der Waals surface area contributed by atoms with E-state index in [1.54, 1.807) is 6.08 Å². The van der Waals surface area contributed by atoms with Crippen molar-refractivity contribution in [2.75, 3.05) is 13.2 Å². The van der Waals surface area contributed by atoms with E-state index in [4.69, 9.17) is 37.4 Å². The first-order valence-corrected chi connectivity index (χ1v) is 7.99. The molecule has 0 atom stereocenters. The molecule has 2 aromatic carbocycles. The normalized spacial score (nSPS) is 10.1. The molecule has 0 aliphatic heterocycles. The summed E-state index contributed by atoms with van der Waals surface area (Å²) in [6.45, 7) is 4.88. The molecule has 23 heavy (non-hydrogen) atoms. The average molecular weight is 353 g/mol. The molecule has 0 aliphatic rings. The van der Waals surface area contributed by atoms with Crippen LogP contribution in [0.5, 0.6) is 23.0 Å². The van der Waals surface area contributed by atoms with Gasteiger partial charge in [0.15, 0.2) is 0 Å². The lowest BCUT2D eigenvalue weighted by atomic mass is 10.2. The largest absolute Gasteiger partial charge is 0.494 e. The van der Waals surface area contributed by atoms with Gasteiger partial charge >= 0.3 is 0 Å². The smallest absolute Gasteiger partial charge is 0.130 e. The van der Waals surface area contributed by atoms with E-state index >= 15 is 0 Å². The third-order valence-electron chi connectivity index (χ3n) is 3.00. The van der Waals surface area contributed by atoms with E-state index in [0.717, 1.165) is 28.6 Å². The van der Waals surface area contributed by atoms with Crippen LogP contribution in [0.4, 0.5) is 0 Å². The van der Waals surface area contributed by atoms with E-state index in [1.165, 1.54) is 0 Å². The average Bonchev–Trinajstić information content (AvgIpc) is 2.52. The molecule has 122 valence electrons. The summed E-state index contributed by atoms with van der Waals surface area (Å²) >= 11 is 11.1. The second kappa shape index (κ2) is 8.70. The first-order valence-electron chi connectivity index (χ1n) is 7.24. The minimum atomic E-state index is 0.192. The Morgan fingerprint density at radius 2 is 1.61 bits per heavy atom. The molecule has 0 N–H and O–H groups in total. The van der Waals surface area contributed by atoms with Gasteiger partial charge < -0.3 is 14.2 Å². The van der Waals surface area contributed by atoms with Gasteiger partial charge in [-0.3, -0.25) is 0 Å². The monoisotopic (exact) mass is 352 g/mol. The van der Waals surface area contributed by atoms with Crippen LogP contribution < -0.4 is 14.2 Å². The van der Waals surface area contributed by atoms with Gasteiger partial charge in [0.05, 0.1) is 6.61 Å². The van der Waals surface area contributed by atoms with Gasteiger partial charge in [-0.2, -0.15) is 0 Å². The minimum Gasteiger partial charge on any atom is -0.494 e. The van der Waals surface area contributed by atoms with Crippen LogP contribution in [0.25, 0.3) is 0 Å². The summed E-state index contributed by atoms with van der Waals surface area (Å²) in [7, 11) is 0. The van der Waals surface area contributed by atoms with Crippen molar-refractivity contribution in [1.29, 1.82) is 0 Å². The van der Waals surface area contributed by atoms with Crippen molar-refractivity contribution in [2.45, 2.75) is 13.8 Å². The third kappa shape index (κ3) is 5.70. The summed E-state index contributed by atoms with van der Waals surface area (Å²) < 4.78 is 17.0. The maximum atomic E-state index is 5.87. The summed E-state index contributed by atoms with van der Waals surface area (Å²) in [6.07, 6.45) is 1.59. The highest BCUT2D eigenvalue weighted by Crippen LogP contribution is 2.29. The molecule has 0 radical (unpaired) electrons. The lowest BCUT2D eigenvalue weighted by molar-refractivity contribution is 0.339. The van der Waals surface area contributed by atoms with Crippen molar-refractivity contribution in [3.63, 3.8) is 0 Å². The van der Waals surface area contributed by atoms with Gasteiger partial charge in [0, 0.05) is 0 Å². The second-order valence-corrected chi connectivity index (χ2v) is 5.75. The topological polar surface area (TPSA) is 27.7 Å². The second-order valence-electron chi connectivity index (χ2n) is 4.74. The van der Waals surface area contributed by atoms with Crippen LogP contribution >= 0.6 is 23.2 Å². The quantitative estimate of drug-likeness (QED) is 0.622. The number of ether oxygens (including phenoxy) is 3.